The summed E-state index contributed by atoms with van der Waals surface area (Å²) in [5.74, 6) is 0.186. The Morgan fingerprint density at radius 2 is 2.00 bits per heavy atom. The van der Waals surface area contributed by atoms with Crippen LogP contribution in [-0.4, -0.2) is 27.9 Å². The van der Waals surface area contributed by atoms with Crippen LogP contribution in [0.2, 0.25) is 0 Å². The highest BCUT2D eigenvalue weighted by Gasteiger charge is 2.15. The van der Waals surface area contributed by atoms with Crippen molar-refractivity contribution in [2.75, 3.05) is 7.11 Å². The fourth-order valence-corrected chi connectivity index (χ4v) is 2.25. The van der Waals surface area contributed by atoms with Gasteiger partial charge in [-0.05, 0) is 12.1 Å². The number of rotatable bonds is 5. The van der Waals surface area contributed by atoms with Crippen LogP contribution < -0.4 is 15.2 Å². The number of carbonyl (C=O) groups excluding carboxylic acids is 1. The van der Waals surface area contributed by atoms with Gasteiger partial charge in [-0.2, -0.15) is 0 Å². The first kappa shape index (κ1) is 16.1. The number of nitro groups is 1. The number of aromatic nitrogens is 2. The van der Waals surface area contributed by atoms with E-state index < -0.39 is 10.8 Å². The smallest absolute Gasteiger partial charge is 0.287 e. The second kappa shape index (κ2) is 6.40. The van der Waals surface area contributed by atoms with Crippen LogP contribution in [0.4, 0.5) is 5.69 Å². The minimum Gasteiger partial charge on any atom is -0.496 e. The van der Waals surface area contributed by atoms with Crippen LogP contribution in [0.25, 0.3) is 10.9 Å². The Labute approximate surface area is 141 Å². The summed E-state index contributed by atoms with van der Waals surface area (Å²) in [6, 6.07) is 7.34. The zero-order valence-corrected chi connectivity index (χ0v) is 13.0. The summed E-state index contributed by atoms with van der Waals surface area (Å²) in [6.45, 7) is 0. The topological polar surface area (TPSA) is 130 Å². The molecule has 0 aliphatic carbocycles. The second-order valence-electron chi connectivity index (χ2n) is 4.96. The molecule has 0 spiro atoms. The molecule has 1 aromatic carbocycles. The van der Waals surface area contributed by atoms with Crippen LogP contribution in [0.1, 0.15) is 10.4 Å². The molecule has 2 heterocycles. The number of hydrogen-bond acceptors (Lipinski definition) is 7. The second-order valence-corrected chi connectivity index (χ2v) is 4.96. The molecular formula is C16H12N4O5. The van der Waals surface area contributed by atoms with Gasteiger partial charge in [0, 0.05) is 29.8 Å². The van der Waals surface area contributed by atoms with E-state index in [1.807, 2.05) is 0 Å². The molecule has 0 saturated carbocycles. The van der Waals surface area contributed by atoms with E-state index in [9.17, 15) is 14.9 Å². The maximum absolute atomic E-state index is 11.6. The molecule has 126 valence electrons. The lowest BCUT2D eigenvalue weighted by Crippen LogP contribution is -2.12. The van der Waals surface area contributed by atoms with Crippen LogP contribution in [0.15, 0.2) is 42.7 Å². The molecule has 1 amide bonds. The molecule has 0 fully saturated rings. The number of fused-ring (bicyclic) bond motifs is 1. The van der Waals surface area contributed by atoms with Crippen molar-refractivity contribution in [1.29, 1.82) is 0 Å². The Kier molecular flexibility index (Phi) is 4.12. The Morgan fingerprint density at radius 1 is 1.20 bits per heavy atom. The number of benzene rings is 1. The molecular weight excluding hydrogens is 328 g/mol. The number of carbonyl (C=O) groups is 1. The van der Waals surface area contributed by atoms with E-state index in [4.69, 9.17) is 15.2 Å². The highest BCUT2D eigenvalue weighted by Crippen LogP contribution is 2.32. The Balaban J connectivity index is 2.05. The maximum atomic E-state index is 11.6. The third-order valence-electron chi connectivity index (χ3n) is 3.43. The van der Waals surface area contributed by atoms with E-state index in [0.717, 1.165) is 6.20 Å². The first-order valence-electron chi connectivity index (χ1n) is 7.04. The van der Waals surface area contributed by atoms with Crippen molar-refractivity contribution in [3.05, 3.63) is 58.4 Å². The summed E-state index contributed by atoms with van der Waals surface area (Å²) in [7, 11) is 1.43. The summed E-state index contributed by atoms with van der Waals surface area (Å²) in [6.07, 6.45) is 2.61. The number of primary amides is 1. The van der Waals surface area contributed by atoms with Gasteiger partial charge in [0.15, 0.2) is 0 Å². The van der Waals surface area contributed by atoms with E-state index in [-0.39, 0.29) is 17.1 Å². The van der Waals surface area contributed by atoms with Crippen molar-refractivity contribution in [2.45, 2.75) is 0 Å². The van der Waals surface area contributed by atoms with Crippen molar-refractivity contribution in [1.82, 2.24) is 9.97 Å². The van der Waals surface area contributed by atoms with Crippen molar-refractivity contribution in [2.24, 2.45) is 5.73 Å². The zero-order valence-electron chi connectivity index (χ0n) is 13.0. The number of ether oxygens (including phenoxy) is 2. The van der Waals surface area contributed by atoms with E-state index in [1.165, 1.54) is 31.5 Å². The highest BCUT2D eigenvalue weighted by atomic mass is 16.6. The summed E-state index contributed by atoms with van der Waals surface area (Å²) in [4.78, 5) is 29.8. The number of pyridine rings is 2. The van der Waals surface area contributed by atoms with Crippen molar-refractivity contribution in [3.8, 4) is 17.4 Å². The van der Waals surface area contributed by atoms with Gasteiger partial charge in [0.25, 0.3) is 11.6 Å². The number of nitrogens with two attached hydrogens (primary N) is 1. The lowest BCUT2D eigenvalue weighted by atomic mass is 10.1. The molecule has 0 aliphatic heterocycles. The van der Waals surface area contributed by atoms with Crippen molar-refractivity contribution < 1.29 is 19.2 Å². The van der Waals surface area contributed by atoms with Crippen molar-refractivity contribution >= 4 is 22.5 Å². The van der Waals surface area contributed by atoms with Crippen LogP contribution in [0, 0.1) is 10.1 Å². The average Bonchev–Trinajstić information content (AvgIpc) is 2.61. The third kappa shape index (κ3) is 3.15. The molecule has 2 aromatic heterocycles. The Bertz CT molecular complexity index is 972. The van der Waals surface area contributed by atoms with Crippen molar-refractivity contribution in [3.63, 3.8) is 0 Å². The Hall–Kier alpha value is -3.75. The first-order valence-corrected chi connectivity index (χ1v) is 7.04. The number of amides is 1. The summed E-state index contributed by atoms with van der Waals surface area (Å²) in [5, 5.41) is 11.2. The molecule has 0 aliphatic rings. The molecule has 3 rings (SSSR count). The zero-order chi connectivity index (χ0) is 18.0. The molecule has 3 aromatic rings. The van der Waals surface area contributed by atoms with Gasteiger partial charge in [-0.25, -0.2) is 4.98 Å². The van der Waals surface area contributed by atoms with Crippen LogP contribution in [0.5, 0.6) is 17.4 Å². The molecule has 0 unspecified atom stereocenters. The molecule has 0 radical (unpaired) electrons. The van der Waals surface area contributed by atoms with Gasteiger partial charge in [0.1, 0.15) is 17.7 Å². The quantitative estimate of drug-likeness (QED) is 0.557. The predicted octanol–water partition coefficient (Wildman–Crippen LogP) is 2.44. The minimum absolute atomic E-state index is 0.146. The summed E-state index contributed by atoms with van der Waals surface area (Å²) in [5.41, 5.74) is 5.94. The molecule has 25 heavy (non-hydrogen) atoms. The number of methoxy groups -OCH3 is 1. The van der Waals surface area contributed by atoms with E-state index in [0.29, 0.717) is 22.4 Å². The fourth-order valence-electron chi connectivity index (χ4n) is 2.25. The molecule has 9 heteroatoms. The third-order valence-corrected chi connectivity index (χ3v) is 3.43. The Morgan fingerprint density at radius 3 is 2.60 bits per heavy atom. The van der Waals surface area contributed by atoms with Gasteiger partial charge in [-0.3, -0.25) is 19.9 Å². The van der Waals surface area contributed by atoms with Gasteiger partial charge in [-0.15, -0.1) is 0 Å². The monoisotopic (exact) mass is 340 g/mol. The molecule has 2 N–H and O–H groups in total. The van der Waals surface area contributed by atoms with Gasteiger partial charge in [-0.1, -0.05) is 0 Å². The van der Waals surface area contributed by atoms with Gasteiger partial charge < -0.3 is 15.2 Å². The largest absolute Gasteiger partial charge is 0.496 e. The molecule has 0 atom stereocenters. The number of hydrogen-bond donors (Lipinski definition) is 1. The normalized spacial score (nSPS) is 10.4. The molecule has 0 bridgehead atoms. The first-order chi connectivity index (χ1) is 12.0. The van der Waals surface area contributed by atoms with E-state index in [1.54, 1.807) is 12.1 Å². The molecule has 0 saturated heterocycles. The summed E-state index contributed by atoms with van der Waals surface area (Å²) < 4.78 is 10.8. The van der Waals surface area contributed by atoms with E-state index >= 15 is 0 Å². The molecule has 9 nitrogen and oxygen atoms in total. The lowest BCUT2D eigenvalue weighted by molar-refractivity contribution is -0.385. The standard InChI is InChI=1S/C16H12N4O5/c1-24-14-7-12-10(6-11(14)16(17)21)13(4-5-18-12)25-15-3-2-9(8-19-15)20(22)23/h2-8H,1H3,(H2,17,21). The van der Waals surface area contributed by atoms with Gasteiger partial charge in [0.05, 0.1) is 23.1 Å². The highest BCUT2D eigenvalue weighted by molar-refractivity contribution is 6.01. The van der Waals surface area contributed by atoms with Gasteiger partial charge >= 0.3 is 0 Å². The maximum Gasteiger partial charge on any atom is 0.287 e. The summed E-state index contributed by atoms with van der Waals surface area (Å²) >= 11 is 0. The van der Waals surface area contributed by atoms with E-state index in [2.05, 4.69) is 9.97 Å². The number of nitrogens with zero attached hydrogens (tertiary/aromatic N) is 3. The van der Waals surface area contributed by atoms with Crippen LogP contribution in [0.3, 0.4) is 0 Å². The van der Waals surface area contributed by atoms with Crippen LogP contribution >= 0.6 is 0 Å². The fraction of sp³-hybridized carbons (Fsp3) is 0.0625. The van der Waals surface area contributed by atoms with Crippen LogP contribution in [-0.2, 0) is 0 Å². The van der Waals surface area contributed by atoms with Gasteiger partial charge in [0.2, 0.25) is 5.88 Å². The minimum atomic E-state index is -0.651. The average molecular weight is 340 g/mol. The lowest BCUT2D eigenvalue weighted by Gasteiger charge is -2.11. The predicted molar refractivity (Wildman–Crippen MR) is 87.8 cm³/mol. The SMILES string of the molecule is COc1cc2nccc(Oc3ccc([N+](=O)[O-])cn3)c2cc1C(N)=O.